The van der Waals surface area contributed by atoms with Crippen molar-refractivity contribution in [1.29, 1.82) is 0 Å². The van der Waals surface area contributed by atoms with Gasteiger partial charge in [-0.15, -0.1) is 11.3 Å². The van der Waals surface area contributed by atoms with E-state index >= 15 is 0 Å². The number of carbonyl (C=O) groups excluding carboxylic acids is 1. The molecule has 3 aromatic rings. The highest BCUT2D eigenvalue weighted by molar-refractivity contribution is 7.21. The average molecular weight is 440 g/mol. The summed E-state index contributed by atoms with van der Waals surface area (Å²) in [4.78, 5) is 20.9. The van der Waals surface area contributed by atoms with Crippen LogP contribution >= 0.6 is 11.3 Å². The first-order chi connectivity index (χ1) is 15.0. The molecule has 1 fully saturated rings. The lowest BCUT2D eigenvalue weighted by atomic mass is 9.87. The number of halogens is 1. The van der Waals surface area contributed by atoms with E-state index in [1.165, 1.54) is 11.3 Å². The number of nitrogens with two attached hydrogens (primary N) is 1. The van der Waals surface area contributed by atoms with Crippen LogP contribution in [0.3, 0.4) is 0 Å². The highest BCUT2D eigenvalue weighted by Gasteiger charge is 2.26. The van der Waals surface area contributed by atoms with Gasteiger partial charge in [0.2, 0.25) is 0 Å². The van der Waals surface area contributed by atoms with Crippen molar-refractivity contribution in [2.75, 3.05) is 36.8 Å². The second-order valence-corrected chi connectivity index (χ2v) is 9.36. The maximum absolute atomic E-state index is 15.0. The average Bonchev–Trinajstić information content (AvgIpc) is 3.10. The van der Waals surface area contributed by atoms with Crippen LogP contribution in [0.1, 0.15) is 32.9 Å². The van der Waals surface area contributed by atoms with Crippen molar-refractivity contribution >= 4 is 38.8 Å². The van der Waals surface area contributed by atoms with E-state index in [4.69, 9.17) is 5.73 Å². The standard InChI is InChI=1S/C23H26FN5OS/c1-13-2-5-17-20(25)21(31-23(17)27-13)22(30)28-15-4-3-14-10-16(12-19(24)18(14)11-15)29-8-6-26-7-9-29/h2,5,10,12,15,26H,3-4,6-9,11,25H2,1H3,(H,28,30)/t15-/m1/s1. The van der Waals surface area contributed by atoms with Gasteiger partial charge in [0.05, 0.1) is 5.69 Å². The van der Waals surface area contributed by atoms with E-state index in [0.29, 0.717) is 17.0 Å². The van der Waals surface area contributed by atoms with Gasteiger partial charge in [0.15, 0.2) is 0 Å². The molecule has 1 aliphatic heterocycles. The molecule has 0 saturated carbocycles. The minimum Gasteiger partial charge on any atom is -0.397 e. The molecule has 2 aromatic heterocycles. The minimum atomic E-state index is -0.204. The fourth-order valence-corrected chi connectivity index (χ4v) is 5.59. The molecule has 2 aliphatic rings. The summed E-state index contributed by atoms with van der Waals surface area (Å²) in [5.41, 5.74) is 10.3. The van der Waals surface area contributed by atoms with Gasteiger partial charge in [-0.3, -0.25) is 4.79 Å². The molecule has 1 atom stereocenters. The third kappa shape index (κ3) is 3.85. The topological polar surface area (TPSA) is 83.3 Å². The molecule has 1 aromatic carbocycles. The molecule has 162 valence electrons. The second kappa shape index (κ2) is 8.09. The van der Waals surface area contributed by atoms with Gasteiger partial charge < -0.3 is 21.3 Å². The van der Waals surface area contributed by atoms with E-state index in [9.17, 15) is 9.18 Å². The van der Waals surface area contributed by atoms with Gasteiger partial charge in [0, 0.05) is 49.0 Å². The summed E-state index contributed by atoms with van der Waals surface area (Å²) in [5, 5.41) is 7.21. The van der Waals surface area contributed by atoms with Gasteiger partial charge in [0.25, 0.3) is 5.91 Å². The number of rotatable bonds is 3. The highest BCUT2D eigenvalue weighted by atomic mass is 32.1. The number of aryl methyl sites for hydroxylation is 2. The third-order valence-corrected chi connectivity index (χ3v) is 7.36. The number of carbonyl (C=O) groups is 1. The van der Waals surface area contributed by atoms with Crippen LogP contribution in [0.2, 0.25) is 0 Å². The Morgan fingerprint density at radius 3 is 2.94 bits per heavy atom. The Morgan fingerprint density at radius 2 is 2.13 bits per heavy atom. The van der Waals surface area contributed by atoms with Gasteiger partial charge >= 0.3 is 0 Å². The first-order valence-corrected chi connectivity index (χ1v) is 11.5. The van der Waals surface area contributed by atoms with Crippen molar-refractivity contribution < 1.29 is 9.18 Å². The quantitative estimate of drug-likeness (QED) is 0.584. The minimum absolute atomic E-state index is 0.112. The predicted molar refractivity (Wildman–Crippen MR) is 124 cm³/mol. The van der Waals surface area contributed by atoms with Crippen molar-refractivity contribution in [3.8, 4) is 0 Å². The van der Waals surface area contributed by atoms with Crippen LogP contribution in [0.5, 0.6) is 0 Å². The summed E-state index contributed by atoms with van der Waals surface area (Å²) >= 11 is 1.31. The van der Waals surface area contributed by atoms with Gasteiger partial charge in [0.1, 0.15) is 15.5 Å². The van der Waals surface area contributed by atoms with Crippen molar-refractivity contribution in [2.45, 2.75) is 32.2 Å². The Kier molecular flexibility index (Phi) is 5.27. The number of hydrogen-bond donors (Lipinski definition) is 3. The van der Waals surface area contributed by atoms with Crippen molar-refractivity contribution in [3.63, 3.8) is 0 Å². The third-order valence-electron chi connectivity index (χ3n) is 6.24. The van der Waals surface area contributed by atoms with E-state index in [0.717, 1.165) is 71.7 Å². The molecule has 0 radical (unpaired) electrons. The number of nitrogen functional groups attached to an aromatic ring is 1. The number of hydrogen-bond acceptors (Lipinski definition) is 6. The number of aromatic nitrogens is 1. The van der Waals surface area contributed by atoms with Crippen LogP contribution in [0, 0.1) is 12.7 Å². The predicted octanol–water partition coefficient (Wildman–Crippen LogP) is 3.02. The Bertz CT molecular complexity index is 1150. The van der Waals surface area contributed by atoms with Crippen molar-refractivity contribution in [2.24, 2.45) is 0 Å². The highest BCUT2D eigenvalue weighted by Crippen LogP contribution is 2.33. The van der Waals surface area contributed by atoms with Crippen LogP contribution in [0.25, 0.3) is 10.2 Å². The Morgan fingerprint density at radius 1 is 1.32 bits per heavy atom. The normalized spacial score (nSPS) is 18.8. The molecule has 8 heteroatoms. The van der Waals surface area contributed by atoms with Gasteiger partial charge in [-0.05, 0) is 61.6 Å². The maximum atomic E-state index is 15.0. The summed E-state index contributed by atoms with van der Waals surface area (Å²) < 4.78 is 15.0. The summed E-state index contributed by atoms with van der Waals surface area (Å²) in [7, 11) is 0. The van der Waals surface area contributed by atoms with E-state index < -0.39 is 0 Å². The lowest BCUT2D eigenvalue weighted by molar-refractivity contribution is 0.0938. The van der Waals surface area contributed by atoms with E-state index in [1.807, 2.05) is 19.1 Å². The van der Waals surface area contributed by atoms with Crippen LogP contribution in [-0.4, -0.2) is 43.1 Å². The molecule has 5 rings (SSSR count). The molecule has 1 amide bonds. The first kappa shape index (κ1) is 20.2. The number of fused-ring (bicyclic) bond motifs is 2. The van der Waals surface area contributed by atoms with Crippen LogP contribution < -0.4 is 21.3 Å². The largest absolute Gasteiger partial charge is 0.397 e. The summed E-state index contributed by atoms with van der Waals surface area (Å²) in [6.45, 7) is 5.53. The number of amides is 1. The number of piperazine rings is 1. The molecule has 0 bridgehead atoms. The van der Waals surface area contributed by atoms with Crippen molar-refractivity contribution in [3.05, 3.63) is 51.8 Å². The molecule has 0 spiro atoms. The zero-order valence-electron chi connectivity index (χ0n) is 17.5. The zero-order valence-corrected chi connectivity index (χ0v) is 18.3. The Balaban J connectivity index is 1.33. The summed E-state index contributed by atoms with van der Waals surface area (Å²) in [6, 6.07) is 7.45. The number of nitrogens with zero attached hydrogens (tertiary/aromatic N) is 2. The first-order valence-electron chi connectivity index (χ1n) is 10.7. The van der Waals surface area contributed by atoms with Crippen LogP contribution in [0.4, 0.5) is 15.8 Å². The molecular formula is C23H26FN5OS. The number of benzene rings is 1. The van der Waals surface area contributed by atoms with Gasteiger partial charge in [-0.25, -0.2) is 9.37 Å². The number of pyridine rings is 1. The smallest absolute Gasteiger partial charge is 0.263 e. The van der Waals surface area contributed by atoms with Gasteiger partial charge in [-0.1, -0.05) is 0 Å². The molecule has 3 heterocycles. The van der Waals surface area contributed by atoms with E-state index in [-0.39, 0.29) is 17.8 Å². The number of thiophene rings is 1. The maximum Gasteiger partial charge on any atom is 0.263 e. The van der Waals surface area contributed by atoms with Crippen LogP contribution in [0.15, 0.2) is 24.3 Å². The fourth-order valence-electron chi connectivity index (χ4n) is 4.55. The summed E-state index contributed by atoms with van der Waals surface area (Å²) in [6.07, 6.45) is 2.03. The molecule has 6 nitrogen and oxygen atoms in total. The Hall–Kier alpha value is -2.71. The van der Waals surface area contributed by atoms with Crippen LogP contribution in [-0.2, 0) is 12.8 Å². The fraction of sp³-hybridized carbons (Fsp3) is 0.391. The lowest BCUT2D eigenvalue weighted by Crippen LogP contribution is -2.43. The SMILES string of the molecule is Cc1ccc2c(N)c(C(=O)N[C@@H]3CCc4cc(N5CCNCC5)cc(F)c4C3)sc2n1. The van der Waals surface area contributed by atoms with Crippen molar-refractivity contribution in [1.82, 2.24) is 15.6 Å². The van der Waals surface area contributed by atoms with E-state index in [1.54, 1.807) is 6.07 Å². The summed E-state index contributed by atoms with van der Waals surface area (Å²) in [5.74, 6) is -0.379. The number of anilines is 2. The monoisotopic (exact) mass is 439 g/mol. The zero-order chi connectivity index (χ0) is 21.5. The lowest BCUT2D eigenvalue weighted by Gasteiger charge is -2.32. The molecule has 1 saturated heterocycles. The molecule has 0 unspecified atom stereocenters. The molecule has 31 heavy (non-hydrogen) atoms. The van der Waals surface area contributed by atoms with E-state index in [2.05, 4.69) is 26.6 Å². The molecule has 1 aliphatic carbocycles. The van der Waals surface area contributed by atoms with Gasteiger partial charge in [-0.2, -0.15) is 0 Å². The number of nitrogens with one attached hydrogen (secondary N) is 2. The Labute approximate surface area is 184 Å². The molecule has 4 N–H and O–H groups in total. The second-order valence-electron chi connectivity index (χ2n) is 8.37. The molecular weight excluding hydrogens is 413 g/mol.